The highest BCUT2D eigenvalue weighted by Gasteiger charge is 2.24. The van der Waals surface area contributed by atoms with E-state index in [0.29, 0.717) is 12.0 Å². The summed E-state index contributed by atoms with van der Waals surface area (Å²) in [6.07, 6.45) is 3.75. The molecule has 1 aliphatic carbocycles. The normalized spacial score (nSPS) is 27.8. The van der Waals surface area contributed by atoms with E-state index in [4.69, 9.17) is 5.73 Å². The van der Waals surface area contributed by atoms with E-state index in [1.54, 1.807) is 0 Å². The molecule has 0 aromatic heterocycles. The first-order valence-corrected chi connectivity index (χ1v) is 5.09. The summed E-state index contributed by atoms with van der Waals surface area (Å²) in [4.78, 5) is 0. The third kappa shape index (κ3) is 1.75. The van der Waals surface area contributed by atoms with Gasteiger partial charge in [0.15, 0.2) is 0 Å². The predicted octanol–water partition coefficient (Wildman–Crippen LogP) is 2.59. The maximum Gasteiger partial charge on any atom is 0.0108 e. The molecule has 1 aromatic rings. The quantitative estimate of drug-likeness (QED) is 0.697. The van der Waals surface area contributed by atoms with Gasteiger partial charge in [-0.15, -0.1) is 0 Å². The fraction of sp³-hybridized carbons (Fsp3) is 0.500. The lowest BCUT2D eigenvalue weighted by molar-refractivity contribution is 0.613. The summed E-state index contributed by atoms with van der Waals surface area (Å²) in [7, 11) is 0. The summed E-state index contributed by atoms with van der Waals surface area (Å²) in [6, 6.07) is 9.15. The Labute approximate surface area is 80.0 Å². The molecule has 1 saturated carbocycles. The van der Waals surface area contributed by atoms with E-state index in [1.165, 1.54) is 30.4 Å². The van der Waals surface area contributed by atoms with E-state index in [1.807, 2.05) is 0 Å². The molecule has 1 fully saturated rings. The number of rotatable bonds is 1. The predicted molar refractivity (Wildman–Crippen MR) is 55.7 cm³/mol. The van der Waals surface area contributed by atoms with Crippen molar-refractivity contribution in [3.8, 4) is 0 Å². The first kappa shape index (κ1) is 8.76. The SMILES string of the molecule is Cc1cccc(C2CCCC2N)c1. The van der Waals surface area contributed by atoms with E-state index < -0.39 is 0 Å². The van der Waals surface area contributed by atoms with Crippen LogP contribution in [-0.2, 0) is 0 Å². The fourth-order valence-corrected chi connectivity index (χ4v) is 2.30. The first-order valence-electron chi connectivity index (χ1n) is 5.09. The van der Waals surface area contributed by atoms with Crippen LogP contribution in [0.5, 0.6) is 0 Å². The van der Waals surface area contributed by atoms with Gasteiger partial charge in [0.25, 0.3) is 0 Å². The van der Waals surface area contributed by atoms with Gasteiger partial charge < -0.3 is 5.73 Å². The summed E-state index contributed by atoms with van der Waals surface area (Å²) in [5, 5.41) is 0. The second-order valence-corrected chi connectivity index (χ2v) is 4.12. The molecular formula is C12H17N. The number of benzene rings is 1. The molecule has 1 nitrogen and oxygen atoms in total. The molecule has 0 spiro atoms. The van der Waals surface area contributed by atoms with Crippen LogP contribution < -0.4 is 5.73 Å². The Kier molecular flexibility index (Phi) is 2.36. The second kappa shape index (κ2) is 3.51. The average molecular weight is 175 g/mol. The molecule has 0 aliphatic heterocycles. The highest BCUT2D eigenvalue weighted by Crippen LogP contribution is 2.33. The minimum Gasteiger partial charge on any atom is -0.327 e. The van der Waals surface area contributed by atoms with Crippen LogP contribution in [0.2, 0.25) is 0 Å². The zero-order chi connectivity index (χ0) is 9.26. The molecule has 0 radical (unpaired) electrons. The lowest BCUT2D eigenvalue weighted by Gasteiger charge is -2.15. The summed E-state index contributed by atoms with van der Waals surface area (Å²) in [5.74, 6) is 0.611. The topological polar surface area (TPSA) is 26.0 Å². The van der Waals surface area contributed by atoms with Gasteiger partial charge in [-0.2, -0.15) is 0 Å². The molecule has 1 aromatic carbocycles. The van der Waals surface area contributed by atoms with Crippen LogP contribution in [0.4, 0.5) is 0 Å². The molecule has 0 amide bonds. The van der Waals surface area contributed by atoms with Gasteiger partial charge in [0.1, 0.15) is 0 Å². The summed E-state index contributed by atoms with van der Waals surface area (Å²) < 4.78 is 0. The van der Waals surface area contributed by atoms with Crippen LogP contribution in [0.3, 0.4) is 0 Å². The van der Waals surface area contributed by atoms with E-state index in [0.717, 1.165) is 0 Å². The lowest BCUT2D eigenvalue weighted by Crippen LogP contribution is -2.22. The van der Waals surface area contributed by atoms with Crippen molar-refractivity contribution < 1.29 is 0 Å². The van der Waals surface area contributed by atoms with Gasteiger partial charge in [-0.1, -0.05) is 36.2 Å². The largest absolute Gasteiger partial charge is 0.327 e. The monoisotopic (exact) mass is 175 g/mol. The highest BCUT2D eigenvalue weighted by molar-refractivity contribution is 5.27. The van der Waals surface area contributed by atoms with Gasteiger partial charge in [0.05, 0.1) is 0 Å². The minimum absolute atomic E-state index is 0.391. The lowest BCUT2D eigenvalue weighted by atomic mass is 9.93. The number of nitrogens with two attached hydrogens (primary N) is 1. The molecule has 1 heteroatoms. The van der Waals surface area contributed by atoms with Gasteiger partial charge in [0, 0.05) is 6.04 Å². The Bertz CT molecular complexity index is 293. The maximum atomic E-state index is 6.06. The molecule has 0 saturated heterocycles. The first-order chi connectivity index (χ1) is 6.27. The van der Waals surface area contributed by atoms with Crippen molar-refractivity contribution >= 4 is 0 Å². The Morgan fingerprint density at radius 2 is 2.15 bits per heavy atom. The molecule has 1 aliphatic rings. The van der Waals surface area contributed by atoms with E-state index in [2.05, 4.69) is 31.2 Å². The second-order valence-electron chi connectivity index (χ2n) is 4.12. The molecule has 0 heterocycles. The van der Waals surface area contributed by atoms with Gasteiger partial charge in [0.2, 0.25) is 0 Å². The standard InChI is InChI=1S/C12H17N/c1-9-4-2-5-10(8-9)11-6-3-7-12(11)13/h2,4-5,8,11-12H,3,6-7,13H2,1H3. The molecule has 2 rings (SSSR count). The Hall–Kier alpha value is -0.820. The Morgan fingerprint density at radius 3 is 2.77 bits per heavy atom. The van der Waals surface area contributed by atoms with Gasteiger partial charge in [-0.3, -0.25) is 0 Å². The summed E-state index contributed by atoms with van der Waals surface area (Å²) >= 11 is 0. The fourth-order valence-electron chi connectivity index (χ4n) is 2.30. The van der Waals surface area contributed by atoms with Crippen molar-refractivity contribution in [2.24, 2.45) is 5.73 Å². The third-order valence-corrected chi connectivity index (χ3v) is 3.04. The van der Waals surface area contributed by atoms with Crippen molar-refractivity contribution in [2.75, 3.05) is 0 Å². The number of hydrogen-bond acceptors (Lipinski definition) is 1. The number of hydrogen-bond donors (Lipinski definition) is 1. The van der Waals surface area contributed by atoms with E-state index in [-0.39, 0.29) is 0 Å². The Balaban J connectivity index is 2.24. The summed E-state index contributed by atoms with van der Waals surface area (Å²) in [5.41, 5.74) is 8.84. The Morgan fingerprint density at radius 1 is 1.31 bits per heavy atom. The van der Waals surface area contributed by atoms with Gasteiger partial charge in [-0.25, -0.2) is 0 Å². The van der Waals surface area contributed by atoms with Crippen molar-refractivity contribution in [1.29, 1.82) is 0 Å². The van der Waals surface area contributed by atoms with E-state index in [9.17, 15) is 0 Å². The highest BCUT2D eigenvalue weighted by atomic mass is 14.7. The molecule has 2 unspecified atom stereocenters. The summed E-state index contributed by atoms with van der Waals surface area (Å²) in [6.45, 7) is 2.14. The van der Waals surface area contributed by atoms with Crippen molar-refractivity contribution in [3.05, 3.63) is 35.4 Å². The zero-order valence-corrected chi connectivity index (χ0v) is 8.16. The minimum atomic E-state index is 0.391. The van der Waals surface area contributed by atoms with Crippen molar-refractivity contribution in [3.63, 3.8) is 0 Å². The zero-order valence-electron chi connectivity index (χ0n) is 8.16. The van der Waals surface area contributed by atoms with Crippen LogP contribution >= 0.6 is 0 Å². The van der Waals surface area contributed by atoms with Crippen LogP contribution in [-0.4, -0.2) is 6.04 Å². The van der Waals surface area contributed by atoms with E-state index >= 15 is 0 Å². The molecule has 0 bridgehead atoms. The van der Waals surface area contributed by atoms with Gasteiger partial charge >= 0.3 is 0 Å². The molecule has 70 valence electrons. The smallest absolute Gasteiger partial charge is 0.0108 e. The van der Waals surface area contributed by atoms with Crippen LogP contribution in [0, 0.1) is 6.92 Å². The van der Waals surface area contributed by atoms with Crippen molar-refractivity contribution in [1.82, 2.24) is 0 Å². The third-order valence-electron chi connectivity index (χ3n) is 3.04. The van der Waals surface area contributed by atoms with Crippen LogP contribution in [0.1, 0.15) is 36.3 Å². The van der Waals surface area contributed by atoms with Crippen molar-refractivity contribution in [2.45, 2.75) is 38.1 Å². The molecule has 13 heavy (non-hydrogen) atoms. The molecule has 2 atom stereocenters. The molecule has 2 N–H and O–H groups in total. The van der Waals surface area contributed by atoms with Gasteiger partial charge in [-0.05, 0) is 31.2 Å². The van der Waals surface area contributed by atoms with Crippen LogP contribution in [0.25, 0.3) is 0 Å². The van der Waals surface area contributed by atoms with Crippen LogP contribution in [0.15, 0.2) is 24.3 Å². The maximum absolute atomic E-state index is 6.06. The average Bonchev–Trinajstić information content (AvgIpc) is 2.51. The molecular weight excluding hydrogens is 158 g/mol. The number of aryl methyl sites for hydroxylation is 1.